The Balaban J connectivity index is 2.75. The third-order valence-electron chi connectivity index (χ3n) is 1.38. The van der Waals surface area contributed by atoms with Gasteiger partial charge in [-0.2, -0.15) is 0 Å². The Bertz CT molecular complexity index is 323. The number of rotatable bonds is 3. The van der Waals surface area contributed by atoms with E-state index in [4.69, 9.17) is 0 Å². The van der Waals surface area contributed by atoms with E-state index in [9.17, 15) is 4.79 Å². The molecule has 0 bridgehead atoms. The van der Waals surface area contributed by atoms with Crippen molar-refractivity contribution in [1.82, 2.24) is 0 Å². The summed E-state index contributed by atoms with van der Waals surface area (Å²) in [6.07, 6.45) is 0. The minimum atomic E-state index is -0.404. The molecule has 1 rings (SSSR count). The summed E-state index contributed by atoms with van der Waals surface area (Å²) in [5, 5.41) is 0. The van der Waals surface area contributed by atoms with Crippen molar-refractivity contribution in [2.45, 2.75) is 6.92 Å². The monoisotopic (exact) mass is 178 g/mol. The van der Waals surface area contributed by atoms with Gasteiger partial charge in [0.1, 0.15) is 0 Å². The van der Waals surface area contributed by atoms with Crippen LogP contribution in [0.2, 0.25) is 0 Å². The predicted molar refractivity (Wildman–Crippen MR) is 51.0 cm³/mol. The number of nitrogens with zero attached hydrogens (tertiary/aromatic N) is 1. The molecule has 1 N–H and O–H groups in total. The van der Waals surface area contributed by atoms with E-state index in [-0.39, 0.29) is 0 Å². The lowest BCUT2D eigenvalue weighted by Crippen LogP contribution is -2.05. The van der Waals surface area contributed by atoms with Crippen molar-refractivity contribution in [1.29, 1.82) is 0 Å². The molecule has 13 heavy (non-hydrogen) atoms. The van der Waals surface area contributed by atoms with Gasteiger partial charge in [-0.1, -0.05) is 12.1 Å². The second-order valence-electron chi connectivity index (χ2n) is 2.37. The maximum atomic E-state index is 10.5. The second kappa shape index (κ2) is 4.25. The van der Waals surface area contributed by atoms with Crippen LogP contribution in [-0.2, 0) is 9.63 Å². The number of para-hydroxylation sites is 2. The van der Waals surface area contributed by atoms with Crippen LogP contribution in [0.4, 0.5) is 11.4 Å². The molecule has 0 fully saturated rings. The third-order valence-corrected chi connectivity index (χ3v) is 1.38. The lowest BCUT2D eigenvalue weighted by Gasteiger charge is -2.06. The minimum Gasteiger partial charge on any atom is -0.344 e. The lowest BCUT2D eigenvalue weighted by molar-refractivity contribution is -0.138. The summed E-state index contributed by atoms with van der Waals surface area (Å²) in [5.74, 6) is -0.404. The molecule has 0 aliphatic carbocycles. The molecule has 4 nitrogen and oxygen atoms in total. The van der Waals surface area contributed by atoms with E-state index in [1.165, 1.54) is 6.92 Å². The van der Waals surface area contributed by atoms with E-state index in [0.717, 1.165) is 0 Å². The van der Waals surface area contributed by atoms with Gasteiger partial charge in [0.25, 0.3) is 0 Å². The number of benzene rings is 1. The summed E-state index contributed by atoms with van der Waals surface area (Å²) in [4.78, 5) is 18.8. The fraction of sp³-hybridized carbons (Fsp3) is 0.111. The highest BCUT2D eigenvalue weighted by Gasteiger charge is 1.99. The van der Waals surface area contributed by atoms with Crippen molar-refractivity contribution < 1.29 is 9.63 Å². The number of aliphatic imine (C=N–C) groups is 1. The molecule has 0 unspecified atom stereocenters. The largest absolute Gasteiger partial charge is 0.344 e. The first-order chi connectivity index (χ1) is 6.24. The van der Waals surface area contributed by atoms with Crippen molar-refractivity contribution in [3.63, 3.8) is 0 Å². The van der Waals surface area contributed by atoms with Crippen LogP contribution >= 0.6 is 0 Å². The van der Waals surface area contributed by atoms with Crippen LogP contribution in [-0.4, -0.2) is 12.7 Å². The predicted octanol–water partition coefficient (Wildman–Crippen LogP) is 1.91. The number of nitrogens with one attached hydrogen (secondary N) is 1. The Morgan fingerprint density at radius 1 is 1.54 bits per heavy atom. The Kier molecular flexibility index (Phi) is 3.03. The maximum absolute atomic E-state index is 10.5. The first kappa shape index (κ1) is 9.25. The van der Waals surface area contributed by atoms with Crippen LogP contribution in [0.3, 0.4) is 0 Å². The molecule has 0 aliphatic rings. The average molecular weight is 178 g/mol. The zero-order chi connectivity index (χ0) is 9.68. The minimum absolute atomic E-state index is 0.404. The van der Waals surface area contributed by atoms with Crippen LogP contribution in [0, 0.1) is 0 Å². The highest BCUT2D eigenvalue weighted by atomic mass is 16.7. The fourth-order valence-corrected chi connectivity index (χ4v) is 0.825. The van der Waals surface area contributed by atoms with Crippen LogP contribution in [0.25, 0.3) is 0 Å². The average Bonchev–Trinajstić information content (AvgIpc) is 2.15. The van der Waals surface area contributed by atoms with Gasteiger partial charge in [-0.05, 0) is 18.9 Å². The molecule has 4 heteroatoms. The van der Waals surface area contributed by atoms with Crippen molar-refractivity contribution in [3.8, 4) is 0 Å². The standard InChI is InChI=1S/C9H10N2O2/c1-7(12)13-11-9-6-4-3-5-8(9)10-2/h3-6,11H,2H2,1H3. The first-order valence-corrected chi connectivity index (χ1v) is 3.73. The molecule has 1 aromatic rings. The molecule has 0 heterocycles. The Morgan fingerprint density at radius 3 is 2.85 bits per heavy atom. The van der Waals surface area contributed by atoms with E-state index in [1.807, 2.05) is 6.07 Å². The lowest BCUT2D eigenvalue weighted by atomic mass is 10.3. The topological polar surface area (TPSA) is 50.7 Å². The summed E-state index contributed by atoms with van der Waals surface area (Å²) in [7, 11) is 0. The van der Waals surface area contributed by atoms with E-state index >= 15 is 0 Å². The van der Waals surface area contributed by atoms with Gasteiger partial charge in [-0.15, -0.1) is 0 Å². The highest BCUT2D eigenvalue weighted by Crippen LogP contribution is 2.23. The van der Waals surface area contributed by atoms with E-state index in [1.54, 1.807) is 18.2 Å². The molecule has 0 amide bonds. The highest BCUT2D eigenvalue weighted by molar-refractivity contribution is 5.71. The second-order valence-corrected chi connectivity index (χ2v) is 2.37. The van der Waals surface area contributed by atoms with Gasteiger partial charge in [-0.25, -0.2) is 5.48 Å². The Hall–Kier alpha value is -1.84. The zero-order valence-corrected chi connectivity index (χ0v) is 7.28. The van der Waals surface area contributed by atoms with Gasteiger partial charge in [-0.3, -0.25) is 9.79 Å². The summed E-state index contributed by atoms with van der Waals surface area (Å²) >= 11 is 0. The van der Waals surface area contributed by atoms with Gasteiger partial charge >= 0.3 is 5.97 Å². The van der Waals surface area contributed by atoms with Crippen LogP contribution in [0.5, 0.6) is 0 Å². The van der Waals surface area contributed by atoms with Crippen molar-refractivity contribution in [2.75, 3.05) is 5.48 Å². The first-order valence-electron chi connectivity index (χ1n) is 3.73. The van der Waals surface area contributed by atoms with Gasteiger partial charge < -0.3 is 4.84 Å². The summed E-state index contributed by atoms with van der Waals surface area (Å²) in [6, 6.07) is 7.13. The molecule has 1 aromatic carbocycles. The molecule has 0 spiro atoms. The Labute approximate surface area is 76.2 Å². The fourth-order valence-electron chi connectivity index (χ4n) is 0.825. The molecule has 0 saturated carbocycles. The molecule has 0 atom stereocenters. The van der Waals surface area contributed by atoms with Gasteiger partial charge in [0, 0.05) is 6.92 Å². The summed E-state index contributed by atoms with van der Waals surface area (Å²) in [5.41, 5.74) is 3.74. The molecule has 0 radical (unpaired) electrons. The molecule has 68 valence electrons. The number of hydrogen-bond acceptors (Lipinski definition) is 4. The normalized spacial score (nSPS) is 9.00. The van der Waals surface area contributed by atoms with Gasteiger partial charge in [0.05, 0.1) is 11.4 Å². The maximum Gasteiger partial charge on any atom is 0.329 e. The molecule has 0 saturated heterocycles. The zero-order valence-electron chi connectivity index (χ0n) is 7.28. The van der Waals surface area contributed by atoms with Crippen molar-refractivity contribution >= 4 is 24.1 Å². The summed E-state index contributed by atoms with van der Waals surface area (Å²) in [6.45, 7) is 4.70. The van der Waals surface area contributed by atoms with Crippen molar-refractivity contribution in [2.24, 2.45) is 4.99 Å². The SMILES string of the molecule is C=Nc1ccccc1NOC(C)=O. The van der Waals surface area contributed by atoms with Crippen molar-refractivity contribution in [3.05, 3.63) is 24.3 Å². The summed E-state index contributed by atoms with van der Waals surface area (Å²) < 4.78 is 0. The molecular weight excluding hydrogens is 168 g/mol. The Morgan fingerprint density at radius 2 is 2.23 bits per heavy atom. The van der Waals surface area contributed by atoms with E-state index in [0.29, 0.717) is 11.4 Å². The number of carbonyl (C=O) groups is 1. The quantitative estimate of drug-likeness (QED) is 0.568. The smallest absolute Gasteiger partial charge is 0.329 e. The van der Waals surface area contributed by atoms with Crippen LogP contribution in [0.1, 0.15) is 6.92 Å². The molecular formula is C9H10N2O2. The third kappa shape index (κ3) is 2.59. The number of carbonyl (C=O) groups excluding carboxylic acids is 1. The molecule has 0 aliphatic heterocycles. The van der Waals surface area contributed by atoms with Crippen LogP contribution in [0.15, 0.2) is 29.3 Å². The van der Waals surface area contributed by atoms with E-state index < -0.39 is 5.97 Å². The van der Waals surface area contributed by atoms with Gasteiger partial charge in [0.15, 0.2) is 0 Å². The van der Waals surface area contributed by atoms with Gasteiger partial charge in [0.2, 0.25) is 0 Å². The van der Waals surface area contributed by atoms with Crippen LogP contribution < -0.4 is 5.48 Å². The van der Waals surface area contributed by atoms with E-state index in [2.05, 4.69) is 22.0 Å². The molecule has 0 aromatic heterocycles. The number of anilines is 1. The number of hydrogen-bond donors (Lipinski definition) is 1.